The molecular weight excluding hydrogens is 677 g/mol. The van der Waals surface area contributed by atoms with E-state index in [1.807, 2.05) is 72.8 Å². The van der Waals surface area contributed by atoms with Crippen molar-refractivity contribution in [2.75, 3.05) is 0 Å². The molecule has 0 atom stereocenters. The quantitative estimate of drug-likeness (QED) is 0.139. The van der Waals surface area contributed by atoms with E-state index in [-0.39, 0.29) is 23.0 Å². The van der Waals surface area contributed by atoms with Crippen molar-refractivity contribution in [3.05, 3.63) is 195 Å². The molecule has 0 radical (unpaired) electrons. The standard InChI is InChI=1S/3C10H8N2.2C7H8O2/c3*1-5-11-6-2-9(1)10-3-7-12-8-4-10;2*1-5-6(8)3-2-4-7(5)9/h3*1-8H;2*2-4,8-9H,1H3. The molecule has 8 aromatic rings. The summed E-state index contributed by atoms with van der Waals surface area (Å²) in [6.07, 6.45) is 21.4. The monoisotopic (exact) mass is 716 g/mol. The first-order valence-corrected chi connectivity index (χ1v) is 16.7. The van der Waals surface area contributed by atoms with Crippen molar-refractivity contribution < 1.29 is 20.4 Å². The molecule has 0 amide bonds. The third-order valence-corrected chi connectivity index (χ3v) is 7.64. The van der Waals surface area contributed by atoms with Crippen LogP contribution in [0.25, 0.3) is 33.4 Å². The lowest BCUT2D eigenvalue weighted by atomic mass is 10.1. The van der Waals surface area contributed by atoms with Crippen LogP contribution < -0.4 is 0 Å². The molecular formula is C44H40N6O4. The molecule has 0 spiro atoms. The second-order valence-electron chi connectivity index (χ2n) is 11.3. The molecule has 4 N–H and O–H groups in total. The average Bonchev–Trinajstić information content (AvgIpc) is 3.25. The molecule has 10 nitrogen and oxygen atoms in total. The normalized spacial score (nSPS) is 9.59. The van der Waals surface area contributed by atoms with Gasteiger partial charge in [0.05, 0.1) is 0 Å². The smallest absolute Gasteiger partial charge is 0.122 e. The third-order valence-electron chi connectivity index (χ3n) is 7.64. The molecule has 0 fully saturated rings. The van der Waals surface area contributed by atoms with Crippen LogP contribution >= 0.6 is 0 Å². The summed E-state index contributed by atoms with van der Waals surface area (Å²) in [4.78, 5) is 23.7. The van der Waals surface area contributed by atoms with E-state index in [1.165, 1.54) is 57.6 Å². The number of benzene rings is 2. The molecule has 6 aromatic heterocycles. The Morgan fingerprint density at radius 3 is 0.537 bits per heavy atom. The average molecular weight is 717 g/mol. The predicted octanol–water partition coefficient (Wildman–Crippen LogP) is 9.24. The number of nitrogens with zero attached hydrogens (tertiary/aromatic N) is 6. The van der Waals surface area contributed by atoms with Crippen molar-refractivity contribution in [1.29, 1.82) is 0 Å². The molecule has 0 unspecified atom stereocenters. The van der Waals surface area contributed by atoms with E-state index in [2.05, 4.69) is 29.9 Å². The number of aromatic hydroxyl groups is 4. The molecule has 0 aliphatic rings. The topological polar surface area (TPSA) is 158 Å². The Labute approximate surface area is 314 Å². The van der Waals surface area contributed by atoms with Gasteiger partial charge in [-0.25, -0.2) is 0 Å². The van der Waals surface area contributed by atoms with Crippen LogP contribution in [0.2, 0.25) is 0 Å². The Balaban J connectivity index is 0.000000151. The van der Waals surface area contributed by atoms with Crippen LogP contribution in [-0.4, -0.2) is 50.3 Å². The van der Waals surface area contributed by atoms with Crippen molar-refractivity contribution in [3.8, 4) is 56.4 Å². The predicted molar refractivity (Wildman–Crippen MR) is 211 cm³/mol. The van der Waals surface area contributed by atoms with E-state index in [1.54, 1.807) is 100 Å². The first kappa shape index (κ1) is 39.3. The summed E-state index contributed by atoms with van der Waals surface area (Å²) in [5.41, 5.74) is 8.09. The minimum Gasteiger partial charge on any atom is -0.508 e. The third kappa shape index (κ3) is 13.0. The summed E-state index contributed by atoms with van der Waals surface area (Å²) in [6, 6.07) is 33.1. The van der Waals surface area contributed by atoms with Gasteiger partial charge in [0.15, 0.2) is 0 Å². The highest BCUT2D eigenvalue weighted by Crippen LogP contribution is 2.25. The van der Waals surface area contributed by atoms with Gasteiger partial charge in [-0.3, -0.25) is 29.9 Å². The Bertz CT molecular complexity index is 1840. The number of hydrogen-bond acceptors (Lipinski definition) is 10. The van der Waals surface area contributed by atoms with Gasteiger partial charge in [0.2, 0.25) is 0 Å². The van der Waals surface area contributed by atoms with Gasteiger partial charge in [0.25, 0.3) is 0 Å². The Hall–Kier alpha value is -7.46. The van der Waals surface area contributed by atoms with E-state index < -0.39 is 0 Å². The summed E-state index contributed by atoms with van der Waals surface area (Å²) in [7, 11) is 0. The zero-order valence-corrected chi connectivity index (χ0v) is 29.8. The van der Waals surface area contributed by atoms with Crippen molar-refractivity contribution in [2.24, 2.45) is 0 Å². The number of phenols is 4. The highest BCUT2D eigenvalue weighted by atomic mass is 16.3. The number of pyridine rings is 6. The largest absolute Gasteiger partial charge is 0.508 e. The summed E-state index contributed by atoms with van der Waals surface area (Å²) >= 11 is 0. The lowest BCUT2D eigenvalue weighted by Crippen LogP contribution is -1.77. The molecule has 0 aliphatic heterocycles. The van der Waals surface area contributed by atoms with E-state index in [0.717, 1.165) is 0 Å². The molecule has 270 valence electrons. The Kier molecular flexibility index (Phi) is 15.8. The maximum Gasteiger partial charge on any atom is 0.122 e. The highest BCUT2D eigenvalue weighted by molar-refractivity contribution is 5.63. The second-order valence-corrected chi connectivity index (χ2v) is 11.3. The summed E-state index contributed by atoms with van der Waals surface area (Å²) in [5.74, 6) is 0.537. The van der Waals surface area contributed by atoms with Crippen molar-refractivity contribution in [3.63, 3.8) is 0 Å². The highest BCUT2D eigenvalue weighted by Gasteiger charge is 1.99. The zero-order chi connectivity index (χ0) is 38.4. The number of phenolic OH excluding ortho intramolecular Hbond substituents is 4. The van der Waals surface area contributed by atoms with Crippen LogP contribution in [0.3, 0.4) is 0 Å². The maximum absolute atomic E-state index is 8.94. The minimum absolute atomic E-state index is 0.134. The molecule has 0 saturated heterocycles. The van der Waals surface area contributed by atoms with Gasteiger partial charge < -0.3 is 20.4 Å². The van der Waals surface area contributed by atoms with Gasteiger partial charge in [-0.1, -0.05) is 12.1 Å². The van der Waals surface area contributed by atoms with Crippen LogP contribution in [0.15, 0.2) is 184 Å². The van der Waals surface area contributed by atoms with E-state index >= 15 is 0 Å². The molecule has 6 heterocycles. The van der Waals surface area contributed by atoms with Gasteiger partial charge in [-0.15, -0.1) is 0 Å². The number of rotatable bonds is 3. The minimum atomic E-state index is 0.134. The van der Waals surface area contributed by atoms with E-state index in [0.29, 0.717) is 11.1 Å². The Morgan fingerprint density at radius 1 is 0.259 bits per heavy atom. The Morgan fingerprint density at radius 2 is 0.407 bits per heavy atom. The summed E-state index contributed by atoms with van der Waals surface area (Å²) in [5, 5.41) is 35.8. The van der Waals surface area contributed by atoms with Gasteiger partial charge in [0, 0.05) is 85.5 Å². The first-order chi connectivity index (χ1) is 26.3. The zero-order valence-electron chi connectivity index (χ0n) is 29.8. The fourth-order valence-electron chi connectivity index (χ4n) is 4.49. The second kappa shape index (κ2) is 21.7. The molecule has 2 aromatic carbocycles. The fourth-order valence-corrected chi connectivity index (χ4v) is 4.49. The number of aromatic nitrogens is 6. The van der Waals surface area contributed by atoms with Crippen molar-refractivity contribution in [2.45, 2.75) is 13.8 Å². The van der Waals surface area contributed by atoms with Crippen LogP contribution in [0.4, 0.5) is 0 Å². The molecule has 10 heteroatoms. The first-order valence-electron chi connectivity index (χ1n) is 16.7. The van der Waals surface area contributed by atoms with Gasteiger partial charge in [0.1, 0.15) is 23.0 Å². The van der Waals surface area contributed by atoms with Crippen LogP contribution in [-0.2, 0) is 0 Å². The van der Waals surface area contributed by atoms with Gasteiger partial charge >= 0.3 is 0 Å². The molecule has 54 heavy (non-hydrogen) atoms. The lowest BCUT2D eigenvalue weighted by molar-refractivity contribution is 0.442. The van der Waals surface area contributed by atoms with E-state index in [9.17, 15) is 0 Å². The van der Waals surface area contributed by atoms with Crippen molar-refractivity contribution in [1.82, 2.24) is 29.9 Å². The molecule has 8 rings (SSSR count). The fraction of sp³-hybridized carbons (Fsp3) is 0.0455. The van der Waals surface area contributed by atoms with Crippen LogP contribution in [0, 0.1) is 13.8 Å². The molecule has 0 saturated carbocycles. The van der Waals surface area contributed by atoms with Crippen molar-refractivity contribution >= 4 is 0 Å². The van der Waals surface area contributed by atoms with E-state index in [4.69, 9.17) is 20.4 Å². The summed E-state index contributed by atoms with van der Waals surface area (Å²) in [6.45, 7) is 3.31. The number of hydrogen-bond donors (Lipinski definition) is 4. The molecule has 0 bridgehead atoms. The summed E-state index contributed by atoms with van der Waals surface area (Å²) < 4.78 is 0. The molecule has 0 aliphatic carbocycles. The SMILES string of the molecule is Cc1c(O)cccc1O.Cc1c(O)cccc1O.c1cc(-c2ccncc2)ccn1.c1cc(-c2ccncc2)ccn1.c1cc(-c2ccncc2)ccn1. The maximum atomic E-state index is 8.94. The van der Waals surface area contributed by atoms with Gasteiger partial charge in [-0.2, -0.15) is 0 Å². The van der Waals surface area contributed by atoms with Gasteiger partial charge in [-0.05, 0) is 144 Å². The lowest BCUT2D eigenvalue weighted by Gasteiger charge is -1.98. The van der Waals surface area contributed by atoms with Crippen LogP contribution in [0.5, 0.6) is 23.0 Å². The van der Waals surface area contributed by atoms with Crippen LogP contribution in [0.1, 0.15) is 11.1 Å².